The molecule has 1 aliphatic rings. The van der Waals surface area contributed by atoms with Gasteiger partial charge in [0.2, 0.25) is 5.91 Å². The van der Waals surface area contributed by atoms with Crippen LogP contribution >= 0.6 is 0 Å². The lowest BCUT2D eigenvalue weighted by atomic mass is 9.66. The van der Waals surface area contributed by atoms with Gasteiger partial charge in [-0.3, -0.25) is 9.59 Å². The summed E-state index contributed by atoms with van der Waals surface area (Å²) in [4.78, 5) is 23.0. The number of aliphatic hydroxyl groups is 1. The van der Waals surface area contributed by atoms with E-state index < -0.39 is 17.0 Å². The van der Waals surface area contributed by atoms with Crippen LogP contribution in [0.1, 0.15) is 59.3 Å². The lowest BCUT2D eigenvalue weighted by Crippen LogP contribution is -2.46. The molecule has 0 radical (unpaired) electrons. The Kier molecular flexibility index (Phi) is 5.57. The van der Waals surface area contributed by atoms with Crippen LogP contribution in [0, 0.1) is 11.3 Å². The third-order valence-electron chi connectivity index (χ3n) is 4.19. The zero-order valence-electron chi connectivity index (χ0n) is 12.7. The van der Waals surface area contributed by atoms with Crippen molar-refractivity contribution < 1.29 is 19.8 Å². The van der Waals surface area contributed by atoms with Crippen LogP contribution in [0.2, 0.25) is 0 Å². The molecule has 20 heavy (non-hydrogen) atoms. The zero-order valence-corrected chi connectivity index (χ0v) is 12.7. The molecular weight excluding hydrogens is 258 g/mol. The van der Waals surface area contributed by atoms with Crippen LogP contribution in [0.3, 0.4) is 0 Å². The molecule has 0 spiro atoms. The Balaban J connectivity index is 2.37. The molecule has 1 saturated carbocycles. The third-order valence-corrected chi connectivity index (χ3v) is 4.19. The number of carboxylic acids is 1. The van der Waals surface area contributed by atoms with Crippen molar-refractivity contribution in [2.24, 2.45) is 11.3 Å². The van der Waals surface area contributed by atoms with E-state index in [2.05, 4.69) is 19.2 Å². The number of carbonyl (C=O) groups excluding carboxylic acids is 1. The van der Waals surface area contributed by atoms with Crippen LogP contribution in [-0.2, 0) is 9.59 Å². The number of carbonyl (C=O) groups is 2. The predicted octanol–water partition coefficient (Wildman–Crippen LogP) is 1.93. The van der Waals surface area contributed by atoms with E-state index in [0.29, 0.717) is 25.2 Å². The molecule has 0 saturated heterocycles. The molecular formula is C15H27NO4. The summed E-state index contributed by atoms with van der Waals surface area (Å²) in [7, 11) is 0. The second-order valence-electron chi connectivity index (χ2n) is 6.82. The Morgan fingerprint density at radius 2 is 1.95 bits per heavy atom. The minimum atomic E-state index is -0.935. The van der Waals surface area contributed by atoms with Gasteiger partial charge in [0.25, 0.3) is 0 Å². The lowest BCUT2D eigenvalue weighted by molar-refractivity contribution is -0.157. The maximum atomic E-state index is 11.9. The highest BCUT2D eigenvalue weighted by atomic mass is 16.4. The van der Waals surface area contributed by atoms with Gasteiger partial charge in [0, 0.05) is 13.0 Å². The van der Waals surface area contributed by atoms with E-state index in [1.165, 1.54) is 0 Å². The second-order valence-corrected chi connectivity index (χ2v) is 6.82. The van der Waals surface area contributed by atoms with Gasteiger partial charge in [0.05, 0.1) is 11.0 Å². The molecule has 0 heterocycles. The van der Waals surface area contributed by atoms with Gasteiger partial charge in [-0.2, -0.15) is 0 Å². The fourth-order valence-electron chi connectivity index (χ4n) is 2.42. The molecule has 0 aromatic heterocycles. The highest BCUT2D eigenvalue weighted by Crippen LogP contribution is 2.44. The van der Waals surface area contributed by atoms with Crippen LogP contribution in [0.4, 0.5) is 0 Å². The monoisotopic (exact) mass is 285 g/mol. The second kappa shape index (κ2) is 6.57. The Hall–Kier alpha value is -1.10. The van der Waals surface area contributed by atoms with Gasteiger partial charge < -0.3 is 15.5 Å². The maximum absolute atomic E-state index is 11.9. The van der Waals surface area contributed by atoms with Crippen molar-refractivity contribution >= 4 is 11.9 Å². The first-order valence-corrected chi connectivity index (χ1v) is 7.39. The smallest absolute Gasteiger partial charge is 0.310 e. The first-order valence-electron chi connectivity index (χ1n) is 7.39. The fraction of sp³-hybridized carbons (Fsp3) is 0.867. The van der Waals surface area contributed by atoms with Gasteiger partial charge in [0.15, 0.2) is 0 Å². The van der Waals surface area contributed by atoms with Crippen molar-refractivity contribution in [1.82, 2.24) is 5.32 Å². The predicted molar refractivity (Wildman–Crippen MR) is 76.2 cm³/mol. The molecule has 1 amide bonds. The van der Waals surface area contributed by atoms with Crippen molar-refractivity contribution in [3.8, 4) is 0 Å². The Morgan fingerprint density at radius 1 is 1.35 bits per heavy atom. The molecule has 1 atom stereocenters. The van der Waals surface area contributed by atoms with E-state index in [1.807, 2.05) is 0 Å². The van der Waals surface area contributed by atoms with Crippen LogP contribution in [-0.4, -0.2) is 34.2 Å². The minimum Gasteiger partial charge on any atom is -0.481 e. The molecule has 1 aliphatic carbocycles. The first kappa shape index (κ1) is 17.0. The van der Waals surface area contributed by atoms with Gasteiger partial charge in [-0.15, -0.1) is 0 Å². The molecule has 0 aromatic rings. The first-order chi connectivity index (χ1) is 9.17. The zero-order chi connectivity index (χ0) is 15.4. The highest BCUT2D eigenvalue weighted by Gasteiger charge is 2.45. The lowest BCUT2D eigenvalue weighted by Gasteiger charge is -2.37. The number of hydrogen-bond donors (Lipinski definition) is 3. The standard InChI is InChI=1S/C15H27NO4/c1-11(2)5-8-14(3,20)10-16-12(17)9-15(13(18)19)6-4-7-15/h11,20H,4-10H2,1-3H3,(H,16,17)(H,18,19). The number of rotatable bonds is 8. The van der Waals surface area contributed by atoms with Crippen molar-refractivity contribution in [2.75, 3.05) is 6.54 Å². The number of aliphatic carboxylic acids is 1. The van der Waals surface area contributed by atoms with Gasteiger partial charge >= 0.3 is 5.97 Å². The Labute approximate surface area is 120 Å². The van der Waals surface area contributed by atoms with Gasteiger partial charge in [0.1, 0.15) is 0 Å². The summed E-state index contributed by atoms with van der Waals surface area (Å²) < 4.78 is 0. The molecule has 5 heteroatoms. The van der Waals surface area contributed by atoms with E-state index in [4.69, 9.17) is 0 Å². The molecule has 0 aliphatic heterocycles. The summed E-state index contributed by atoms with van der Waals surface area (Å²) in [6, 6.07) is 0. The minimum absolute atomic E-state index is 0.0165. The topological polar surface area (TPSA) is 86.6 Å². The van der Waals surface area contributed by atoms with Crippen LogP contribution in [0.25, 0.3) is 0 Å². The number of hydrogen-bond acceptors (Lipinski definition) is 3. The summed E-state index contributed by atoms with van der Waals surface area (Å²) >= 11 is 0. The SMILES string of the molecule is CC(C)CCC(C)(O)CNC(=O)CC1(C(=O)O)CCC1. The molecule has 0 bridgehead atoms. The molecule has 0 aromatic carbocycles. The number of carboxylic acid groups (broad SMARTS) is 1. The average Bonchev–Trinajstić information content (AvgIpc) is 2.28. The Bertz CT molecular complexity index is 359. The summed E-state index contributed by atoms with van der Waals surface area (Å²) in [6.07, 6.45) is 3.53. The van der Waals surface area contributed by atoms with Crippen molar-refractivity contribution in [3.05, 3.63) is 0 Å². The van der Waals surface area contributed by atoms with E-state index in [0.717, 1.165) is 12.8 Å². The molecule has 1 fully saturated rings. The van der Waals surface area contributed by atoms with E-state index >= 15 is 0 Å². The van der Waals surface area contributed by atoms with Crippen molar-refractivity contribution in [2.45, 2.75) is 64.9 Å². The largest absolute Gasteiger partial charge is 0.481 e. The quantitative estimate of drug-likeness (QED) is 0.636. The molecule has 3 N–H and O–H groups in total. The van der Waals surface area contributed by atoms with E-state index in [9.17, 15) is 19.8 Å². The number of amides is 1. The fourth-order valence-corrected chi connectivity index (χ4v) is 2.42. The molecule has 116 valence electrons. The normalized spacial score (nSPS) is 20.1. The van der Waals surface area contributed by atoms with Crippen molar-refractivity contribution in [1.29, 1.82) is 0 Å². The van der Waals surface area contributed by atoms with Crippen LogP contribution in [0.5, 0.6) is 0 Å². The van der Waals surface area contributed by atoms with Gasteiger partial charge in [-0.25, -0.2) is 0 Å². The van der Waals surface area contributed by atoms with Crippen LogP contribution < -0.4 is 5.32 Å². The van der Waals surface area contributed by atoms with Crippen molar-refractivity contribution in [3.63, 3.8) is 0 Å². The molecule has 5 nitrogen and oxygen atoms in total. The average molecular weight is 285 g/mol. The van der Waals surface area contributed by atoms with E-state index in [-0.39, 0.29) is 18.9 Å². The summed E-state index contributed by atoms with van der Waals surface area (Å²) in [5.41, 5.74) is -1.80. The van der Waals surface area contributed by atoms with Crippen LogP contribution in [0.15, 0.2) is 0 Å². The summed E-state index contributed by atoms with van der Waals surface area (Å²) in [5.74, 6) is -0.662. The van der Waals surface area contributed by atoms with Gasteiger partial charge in [-0.1, -0.05) is 20.3 Å². The Morgan fingerprint density at radius 3 is 2.35 bits per heavy atom. The maximum Gasteiger partial charge on any atom is 0.310 e. The highest BCUT2D eigenvalue weighted by molar-refractivity contribution is 5.85. The third kappa shape index (κ3) is 4.78. The molecule has 1 unspecified atom stereocenters. The molecule has 1 rings (SSSR count). The number of nitrogens with one attached hydrogen (secondary N) is 1. The van der Waals surface area contributed by atoms with E-state index in [1.54, 1.807) is 6.92 Å². The summed E-state index contributed by atoms with van der Waals surface area (Å²) in [6.45, 7) is 6.05. The summed E-state index contributed by atoms with van der Waals surface area (Å²) in [5, 5.41) is 22.0. The van der Waals surface area contributed by atoms with Gasteiger partial charge in [-0.05, 0) is 38.5 Å².